The molecule has 124 valence electrons. The van der Waals surface area contributed by atoms with Gasteiger partial charge in [0.2, 0.25) is 0 Å². The second kappa shape index (κ2) is 6.45. The fourth-order valence-electron chi connectivity index (χ4n) is 2.11. The van der Waals surface area contributed by atoms with Crippen LogP contribution >= 0.6 is 0 Å². The van der Waals surface area contributed by atoms with Crippen LogP contribution in [0.15, 0.2) is 59.5 Å². The molecule has 0 radical (unpaired) electrons. The monoisotopic (exact) mass is 344 g/mol. The molecule has 2 N–H and O–H groups in total. The Kier molecular flexibility index (Phi) is 4.35. The van der Waals surface area contributed by atoms with E-state index >= 15 is 0 Å². The zero-order chi connectivity index (χ0) is 17.2. The molecule has 0 spiro atoms. The number of nitrogens with one attached hydrogen (secondary N) is 2. The molecule has 2 aromatic rings. The minimum absolute atomic E-state index is 0.0743. The third-order valence-corrected chi connectivity index (χ3v) is 4.95. The average Bonchev–Trinajstić information content (AvgIpc) is 3.39. The lowest BCUT2D eigenvalue weighted by Gasteiger charge is -2.08. The first-order valence-corrected chi connectivity index (χ1v) is 8.97. The van der Waals surface area contributed by atoms with E-state index in [1.165, 1.54) is 36.4 Å². The lowest BCUT2D eigenvalue weighted by molar-refractivity contribution is 0.0948. The van der Waals surface area contributed by atoms with Crippen LogP contribution in [0.25, 0.3) is 0 Å². The molecule has 3 rings (SSSR count). The summed E-state index contributed by atoms with van der Waals surface area (Å²) in [6.07, 6.45) is 1.95. The van der Waals surface area contributed by atoms with Crippen molar-refractivity contribution < 1.29 is 18.0 Å². The highest BCUT2D eigenvalue weighted by atomic mass is 32.2. The van der Waals surface area contributed by atoms with Crippen molar-refractivity contribution in [3.05, 3.63) is 65.7 Å². The standard InChI is InChI=1S/C17H16N2O4S/c20-16(18-14-8-9-14)13-6-10-15(11-7-13)24(22,23)19-17(21)12-4-2-1-3-5-12/h1-7,10-11,14H,8-9H2,(H,18,20)(H,19,21). The van der Waals surface area contributed by atoms with Crippen molar-refractivity contribution in [2.45, 2.75) is 23.8 Å². The first-order chi connectivity index (χ1) is 11.5. The number of sulfonamides is 1. The van der Waals surface area contributed by atoms with E-state index in [-0.39, 0.29) is 22.4 Å². The van der Waals surface area contributed by atoms with Gasteiger partial charge < -0.3 is 5.32 Å². The van der Waals surface area contributed by atoms with Gasteiger partial charge in [-0.25, -0.2) is 13.1 Å². The number of carbonyl (C=O) groups is 2. The van der Waals surface area contributed by atoms with Gasteiger partial charge in [0, 0.05) is 17.2 Å². The maximum Gasteiger partial charge on any atom is 0.264 e. The zero-order valence-corrected chi connectivity index (χ0v) is 13.5. The molecule has 0 saturated heterocycles. The van der Waals surface area contributed by atoms with Gasteiger partial charge in [-0.2, -0.15) is 0 Å². The topological polar surface area (TPSA) is 92.3 Å². The molecule has 1 fully saturated rings. The van der Waals surface area contributed by atoms with Crippen LogP contribution in [0.2, 0.25) is 0 Å². The summed E-state index contributed by atoms with van der Waals surface area (Å²) in [6.45, 7) is 0. The largest absolute Gasteiger partial charge is 0.349 e. The van der Waals surface area contributed by atoms with Gasteiger partial charge in [0.05, 0.1) is 4.90 Å². The maximum atomic E-state index is 12.3. The summed E-state index contributed by atoms with van der Waals surface area (Å²) >= 11 is 0. The Morgan fingerprint density at radius 1 is 0.833 bits per heavy atom. The van der Waals surface area contributed by atoms with Gasteiger partial charge in [0.1, 0.15) is 0 Å². The molecule has 6 nitrogen and oxygen atoms in total. The third kappa shape index (κ3) is 3.80. The SMILES string of the molecule is O=C(NC1CC1)c1ccc(S(=O)(=O)NC(=O)c2ccccc2)cc1. The van der Waals surface area contributed by atoms with Gasteiger partial charge in [-0.1, -0.05) is 18.2 Å². The molecule has 2 aromatic carbocycles. The van der Waals surface area contributed by atoms with Crippen molar-refractivity contribution >= 4 is 21.8 Å². The molecule has 1 aliphatic rings. The molecule has 7 heteroatoms. The molecule has 0 heterocycles. The van der Waals surface area contributed by atoms with Gasteiger partial charge in [-0.3, -0.25) is 9.59 Å². The summed E-state index contributed by atoms with van der Waals surface area (Å²) in [4.78, 5) is 23.8. The van der Waals surface area contributed by atoms with E-state index in [9.17, 15) is 18.0 Å². The number of benzene rings is 2. The molecule has 1 saturated carbocycles. The van der Waals surface area contributed by atoms with Crippen molar-refractivity contribution in [2.75, 3.05) is 0 Å². The summed E-state index contributed by atoms with van der Waals surface area (Å²) in [6, 6.07) is 13.8. The van der Waals surface area contributed by atoms with Gasteiger partial charge in [0.15, 0.2) is 0 Å². The van der Waals surface area contributed by atoms with E-state index in [1.807, 2.05) is 4.72 Å². The van der Waals surface area contributed by atoms with Crippen LogP contribution in [0, 0.1) is 0 Å². The first-order valence-electron chi connectivity index (χ1n) is 7.49. The molecule has 1 aliphatic carbocycles. The maximum absolute atomic E-state index is 12.3. The predicted molar refractivity (Wildman–Crippen MR) is 88.0 cm³/mol. The Labute approximate surface area is 139 Å². The summed E-state index contributed by atoms with van der Waals surface area (Å²) in [5, 5.41) is 2.82. The van der Waals surface area contributed by atoms with E-state index in [1.54, 1.807) is 18.2 Å². The molecule has 0 aliphatic heterocycles. The summed E-state index contributed by atoms with van der Waals surface area (Å²) < 4.78 is 26.5. The Morgan fingerprint density at radius 3 is 2.00 bits per heavy atom. The third-order valence-electron chi connectivity index (χ3n) is 3.60. The number of carbonyl (C=O) groups excluding carboxylic acids is 2. The molecule has 2 amide bonds. The van der Waals surface area contributed by atoms with Crippen LogP contribution in [0.1, 0.15) is 33.6 Å². The first kappa shape index (κ1) is 16.2. The molecule has 0 unspecified atom stereocenters. The van der Waals surface area contributed by atoms with Crippen LogP contribution in [0.5, 0.6) is 0 Å². The normalized spacial score (nSPS) is 14.0. The zero-order valence-electron chi connectivity index (χ0n) is 12.7. The summed E-state index contributed by atoms with van der Waals surface area (Å²) in [5.41, 5.74) is 0.636. The van der Waals surface area contributed by atoms with E-state index in [2.05, 4.69) is 5.32 Å². The van der Waals surface area contributed by atoms with Crippen LogP contribution in [-0.2, 0) is 10.0 Å². The Balaban J connectivity index is 1.72. The second-order valence-electron chi connectivity index (χ2n) is 5.57. The van der Waals surface area contributed by atoms with Crippen LogP contribution in [0.4, 0.5) is 0 Å². The van der Waals surface area contributed by atoms with Crippen molar-refractivity contribution in [3.8, 4) is 0 Å². The summed E-state index contributed by atoms with van der Waals surface area (Å²) in [5.74, 6) is -0.930. The quantitative estimate of drug-likeness (QED) is 0.863. The highest BCUT2D eigenvalue weighted by molar-refractivity contribution is 7.90. The van der Waals surface area contributed by atoms with Crippen molar-refractivity contribution in [3.63, 3.8) is 0 Å². The van der Waals surface area contributed by atoms with Gasteiger partial charge in [-0.15, -0.1) is 0 Å². The lowest BCUT2D eigenvalue weighted by Crippen LogP contribution is -2.30. The molecular formula is C17H16N2O4S. The van der Waals surface area contributed by atoms with Crippen molar-refractivity contribution in [2.24, 2.45) is 0 Å². The fourth-order valence-corrected chi connectivity index (χ4v) is 3.09. The van der Waals surface area contributed by atoms with Crippen LogP contribution in [-0.4, -0.2) is 26.3 Å². The Hall–Kier alpha value is -2.67. The minimum Gasteiger partial charge on any atom is -0.349 e. The van der Waals surface area contributed by atoms with Gasteiger partial charge in [-0.05, 0) is 49.2 Å². The average molecular weight is 344 g/mol. The Morgan fingerprint density at radius 2 is 1.42 bits per heavy atom. The van der Waals surface area contributed by atoms with Gasteiger partial charge >= 0.3 is 0 Å². The number of rotatable bonds is 5. The molecule has 0 aromatic heterocycles. The van der Waals surface area contributed by atoms with Gasteiger partial charge in [0.25, 0.3) is 21.8 Å². The number of hydrogen-bond donors (Lipinski definition) is 2. The number of hydrogen-bond acceptors (Lipinski definition) is 4. The minimum atomic E-state index is -3.99. The molecule has 24 heavy (non-hydrogen) atoms. The van der Waals surface area contributed by atoms with Crippen molar-refractivity contribution in [1.82, 2.24) is 10.0 Å². The molecular weight excluding hydrogens is 328 g/mol. The molecule has 0 atom stereocenters. The predicted octanol–water partition coefficient (Wildman–Crippen LogP) is 1.70. The van der Waals surface area contributed by atoms with E-state index in [0.717, 1.165) is 12.8 Å². The highest BCUT2D eigenvalue weighted by Gasteiger charge is 2.24. The van der Waals surface area contributed by atoms with Crippen LogP contribution < -0.4 is 10.0 Å². The van der Waals surface area contributed by atoms with E-state index < -0.39 is 15.9 Å². The fraction of sp³-hybridized carbons (Fsp3) is 0.176. The second-order valence-corrected chi connectivity index (χ2v) is 7.26. The highest BCUT2D eigenvalue weighted by Crippen LogP contribution is 2.19. The summed E-state index contributed by atoms with van der Waals surface area (Å²) in [7, 11) is -3.99. The smallest absolute Gasteiger partial charge is 0.264 e. The van der Waals surface area contributed by atoms with Crippen LogP contribution in [0.3, 0.4) is 0 Å². The molecule has 0 bridgehead atoms. The van der Waals surface area contributed by atoms with E-state index in [4.69, 9.17) is 0 Å². The number of amides is 2. The van der Waals surface area contributed by atoms with Crippen molar-refractivity contribution in [1.29, 1.82) is 0 Å². The lowest BCUT2D eigenvalue weighted by atomic mass is 10.2. The Bertz CT molecular complexity index is 857. The van der Waals surface area contributed by atoms with E-state index in [0.29, 0.717) is 5.56 Å².